The van der Waals surface area contributed by atoms with Crippen molar-refractivity contribution in [1.29, 1.82) is 0 Å². The van der Waals surface area contributed by atoms with Crippen molar-refractivity contribution in [2.45, 2.75) is 13.3 Å². The molecule has 1 N–H and O–H groups in total. The molecule has 0 aliphatic carbocycles. The first kappa shape index (κ1) is 14.6. The van der Waals surface area contributed by atoms with E-state index in [1.807, 2.05) is 19.1 Å². The van der Waals surface area contributed by atoms with Gasteiger partial charge in [0.15, 0.2) is 0 Å². The molecule has 0 saturated heterocycles. The molecule has 0 spiro atoms. The Morgan fingerprint density at radius 1 is 1.20 bits per heavy atom. The van der Waals surface area contributed by atoms with Gasteiger partial charge in [0.05, 0.1) is 19.8 Å². The summed E-state index contributed by atoms with van der Waals surface area (Å²) in [6.45, 7) is 3.08. The third kappa shape index (κ3) is 3.59. The van der Waals surface area contributed by atoms with Crippen LogP contribution < -0.4 is 10.4 Å². The van der Waals surface area contributed by atoms with Crippen molar-refractivity contribution < 1.29 is 19.0 Å². The summed E-state index contributed by atoms with van der Waals surface area (Å²) in [6, 6.07) is 6.96. The molecule has 5 heteroatoms. The van der Waals surface area contributed by atoms with E-state index in [0.29, 0.717) is 31.2 Å². The van der Waals surface area contributed by atoms with Crippen LogP contribution in [-0.4, -0.2) is 31.5 Å². The van der Waals surface area contributed by atoms with Crippen LogP contribution in [0.3, 0.4) is 0 Å². The Kier molecular flexibility index (Phi) is 5.15. The second kappa shape index (κ2) is 7.07. The van der Waals surface area contributed by atoms with E-state index in [9.17, 15) is 4.79 Å². The molecule has 0 radical (unpaired) electrons. The van der Waals surface area contributed by atoms with Crippen LogP contribution in [-0.2, 0) is 11.2 Å². The molecule has 0 bridgehead atoms. The quantitative estimate of drug-likeness (QED) is 0.617. The number of aliphatic hydroxyl groups excluding tert-OH is 1. The second-order valence-electron chi connectivity index (χ2n) is 4.29. The molecule has 1 aromatic carbocycles. The Labute approximate surface area is 116 Å². The van der Waals surface area contributed by atoms with Gasteiger partial charge in [-0.05, 0) is 24.1 Å². The SMILES string of the molecule is CCc1cc(=O)oc2cc(OCCOCCO)ccc12. The molecule has 2 rings (SSSR count). The predicted molar refractivity (Wildman–Crippen MR) is 75.3 cm³/mol. The largest absolute Gasteiger partial charge is 0.491 e. The zero-order valence-corrected chi connectivity index (χ0v) is 11.4. The molecule has 1 heterocycles. The summed E-state index contributed by atoms with van der Waals surface area (Å²) in [6.07, 6.45) is 0.775. The summed E-state index contributed by atoms with van der Waals surface area (Å²) in [5.74, 6) is 0.626. The molecule has 2 aromatic rings. The van der Waals surface area contributed by atoms with Gasteiger partial charge < -0.3 is 19.0 Å². The Balaban J connectivity index is 2.11. The van der Waals surface area contributed by atoms with Crippen molar-refractivity contribution in [3.63, 3.8) is 0 Å². The van der Waals surface area contributed by atoms with Crippen LogP contribution in [0, 0.1) is 0 Å². The number of benzene rings is 1. The zero-order chi connectivity index (χ0) is 14.4. The smallest absolute Gasteiger partial charge is 0.336 e. The van der Waals surface area contributed by atoms with Crippen LogP contribution in [0.2, 0.25) is 0 Å². The van der Waals surface area contributed by atoms with Gasteiger partial charge in [0.2, 0.25) is 0 Å². The molecule has 0 aliphatic rings. The van der Waals surface area contributed by atoms with E-state index in [2.05, 4.69) is 0 Å². The van der Waals surface area contributed by atoms with Crippen LogP contribution in [0.5, 0.6) is 5.75 Å². The average molecular weight is 278 g/mol. The Bertz CT molecular complexity index is 617. The fourth-order valence-corrected chi connectivity index (χ4v) is 1.98. The molecule has 0 unspecified atom stereocenters. The van der Waals surface area contributed by atoms with Gasteiger partial charge in [0, 0.05) is 17.5 Å². The maximum absolute atomic E-state index is 11.5. The topological polar surface area (TPSA) is 68.9 Å². The lowest BCUT2D eigenvalue weighted by molar-refractivity contribution is 0.0705. The maximum Gasteiger partial charge on any atom is 0.336 e. The predicted octanol–water partition coefficient (Wildman–Crippen LogP) is 1.74. The highest BCUT2D eigenvalue weighted by Crippen LogP contribution is 2.22. The lowest BCUT2D eigenvalue weighted by Crippen LogP contribution is -2.09. The van der Waals surface area contributed by atoms with E-state index in [0.717, 1.165) is 17.4 Å². The third-order valence-electron chi connectivity index (χ3n) is 2.91. The molecule has 0 amide bonds. The number of aryl methyl sites for hydroxylation is 1. The van der Waals surface area contributed by atoms with Crippen molar-refractivity contribution in [2.24, 2.45) is 0 Å². The van der Waals surface area contributed by atoms with E-state index in [4.69, 9.17) is 19.0 Å². The van der Waals surface area contributed by atoms with Gasteiger partial charge in [0.25, 0.3) is 0 Å². The van der Waals surface area contributed by atoms with Gasteiger partial charge in [-0.1, -0.05) is 6.92 Å². The van der Waals surface area contributed by atoms with Gasteiger partial charge in [-0.3, -0.25) is 0 Å². The minimum Gasteiger partial charge on any atom is -0.491 e. The van der Waals surface area contributed by atoms with Crippen LogP contribution in [0.1, 0.15) is 12.5 Å². The minimum absolute atomic E-state index is 0.000919. The summed E-state index contributed by atoms with van der Waals surface area (Å²) >= 11 is 0. The van der Waals surface area contributed by atoms with Crippen molar-refractivity contribution in [2.75, 3.05) is 26.4 Å². The number of hydrogen-bond acceptors (Lipinski definition) is 5. The molecule has 108 valence electrons. The second-order valence-corrected chi connectivity index (χ2v) is 4.29. The Hall–Kier alpha value is -1.85. The average Bonchev–Trinajstić information content (AvgIpc) is 2.45. The van der Waals surface area contributed by atoms with E-state index in [-0.39, 0.29) is 12.2 Å². The van der Waals surface area contributed by atoms with Crippen molar-refractivity contribution in [3.05, 3.63) is 40.2 Å². The number of aliphatic hydroxyl groups is 1. The highest BCUT2D eigenvalue weighted by molar-refractivity contribution is 5.81. The summed E-state index contributed by atoms with van der Waals surface area (Å²) in [5.41, 5.74) is 1.15. The number of hydrogen-bond donors (Lipinski definition) is 1. The van der Waals surface area contributed by atoms with Gasteiger partial charge in [-0.15, -0.1) is 0 Å². The van der Waals surface area contributed by atoms with Gasteiger partial charge in [-0.25, -0.2) is 4.79 Å². The van der Waals surface area contributed by atoms with Gasteiger partial charge in [-0.2, -0.15) is 0 Å². The van der Waals surface area contributed by atoms with Crippen molar-refractivity contribution in [3.8, 4) is 5.75 Å². The zero-order valence-electron chi connectivity index (χ0n) is 11.4. The molecule has 0 atom stereocenters. The van der Waals surface area contributed by atoms with Gasteiger partial charge >= 0.3 is 5.63 Å². The summed E-state index contributed by atoms with van der Waals surface area (Å²) in [4.78, 5) is 11.5. The molecule has 0 saturated carbocycles. The van der Waals surface area contributed by atoms with Crippen molar-refractivity contribution >= 4 is 11.0 Å². The molecule has 0 aliphatic heterocycles. The lowest BCUT2D eigenvalue weighted by Gasteiger charge is -2.08. The van der Waals surface area contributed by atoms with E-state index in [1.165, 1.54) is 6.07 Å². The third-order valence-corrected chi connectivity index (χ3v) is 2.91. The minimum atomic E-state index is -0.349. The summed E-state index contributed by atoms with van der Waals surface area (Å²) < 4.78 is 15.8. The Morgan fingerprint density at radius 3 is 2.80 bits per heavy atom. The standard InChI is InChI=1S/C15H18O5/c1-2-11-9-15(17)20-14-10-12(3-4-13(11)14)19-8-7-18-6-5-16/h3-4,9-10,16H,2,5-8H2,1H3. The molecule has 1 aromatic heterocycles. The highest BCUT2D eigenvalue weighted by atomic mass is 16.5. The van der Waals surface area contributed by atoms with Crippen LogP contribution in [0.15, 0.2) is 33.5 Å². The molecular weight excluding hydrogens is 260 g/mol. The first-order chi connectivity index (χ1) is 9.74. The number of fused-ring (bicyclic) bond motifs is 1. The highest BCUT2D eigenvalue weighted by Gasteiger charge is 2.05. The van der Waals surface area contributed by atoms with Crippen LogP contribution >= 0.6 is 0 Å². The fourth-order valence-electron chi connectivity index (χ4n) is 1.98. The molecule has 0 fully saturated rings. The molecule has 5 nitrogen and oxygen atoms in total. The van der Waals surface area contributed by atoms with Crippen LogP contribution in [0.25, 0.3) is 11.0 Å². The summed E-state index contributed by atoms with van der Waals surface area (Å²) in [5, 5.41) is 9.50. The molecule has 20 heavy (non-hydrogen) atoms. The first-order valence-electron chi connectivity index (χ1n) is 6.62. The monoisotopic (exact) mass is 278 g/mol. The van der Waals surface area contributed by atoms with E-state index >= 15 is 0 Å². The normalized spacial score (nSPS) is 10.9. The van der Waals surface area contributed by atoms with Crippen molar-refractivity contribution in [1.82, 2.24) is 0 Å². The summed E-state index contributed by atoms with van der Waals surface area (Å²) in [7, 11) is 0. The number of ether oxygens (including phenoxy) is 2. The lowest BCUT2D eigenvalue weighted by atomic mass is 10.1. The Morgan fingerprint density at radius 2 is 2.05 bits per heavy atom. The van der Waals surface area contributed by atoms with Crippen LogP contribution in [0.4, 0.5) is 0 Å². The number of rotatable bonds is 7. The van der Waals surface area contributed by atoms with Gasteiger partial charge in [0.1, 0.15) is 17.9 Å². The fraction of sp³-hybridized carbons (Fsp3) is 0.400. The molecular formula is C15H18O5. The van der Waals surface area contributed by atoms with E-state index < -0.39 is 0 Å². The maximum atomic E-state index is 11.5. The first-order valence-corrected chi connectivity index (χ1v) is 6.62. The van der Waals surface area contributed by atoms with E-state index in [1.54, 1.807) is 6.07 Å².